The van der Waals surface area contributed by atoms with Crippen molar-refractivity contribution in [3.05, 3.63) is 30.3 Å². The molecule has 164 valence electrons. The zero-order chi connectivity index (χ0) is 21.5. The maximum atomic E-state index is 12.4. The smallest absolute Gasteiger partial charge is 0.321 e. The fourth-order valence-corrected chi connectivity index (χ4v) is 4.33. The molecule has 1 heterocycles. The molecule has 0 unspecified atom stereocenters. The van der Waals surface area contributed by atoms with Gasteiger partial charge in [0.15, 0.2) is 6.61 Å². The van der Waals surface area contributed by atoms with Crippen LogP contribution in [0.4, 0.5) is 10.5 Å². The largest absolute Gasteiger partial charge is 0.455 e. The zero-order valence-corrected chi connectivity index (χ0v) is 17.9. The van der Waals surface area contributed by atoms with Crippen LogP contribution in [0.2, 0.25) is 0 Å². The van der Waals surface area contributed by atoms with Crippen LogP contribution in [0.5, 0.6) is 0 Å². The first-order valence-electron chi connectivity index (χ1n) is 11.0. The number of nitrogens with zero attached hydrogens (tertiary/aromatic N) is 1. The standard InChI is InChI=1S/C23H33N3O4/c1-16-7-6-10-20(17(16)2)25-21(27)15-30-22(28)18-11-13-26(14-12-18)23(29)24-19-8-4-3-5-9-19/h3-5,8-9,16-18,20H,6-7,10-15H2,1-2H3,(H,24,29)(H,25,27)/t16-,17-,20-/m1/s1. The van der Waals surface area contributed by atoms with E-state index < -0.39 is 0 Å². The Morgan fingerprint density at radius 1 is 1.03 bits per heavy atom. The fraction of sp³-hybridized carbons (Fsp3) is 0.609. The van der Waals surface area contributed by atoms with Crippen LogP contribution < -0.4 is 10.6 Å². The average molecular weight is 416 g/mol. The highest BCUT2D eigenvalue weighted by molar-refractivity contribution is 5.89. The Morgan fingerprint density at radius 2 is 1.73 bits per heavy atom. The number of nitrogens with one attached hydrogen (secondary N) is 2. The number of likely N-dealkylation sites (tertiary alicyclic amines) is 1. The molecule has 2 aliphatic rings. The van der Waals surface area contributed by atoms with E-state index in [0.29, 0.717) is 37.8 Å². The molecule has 2 N–H and O–H groups in total. The molecular formula is C23H33N3O4. The van der Waals surface area contributed by atoms with Gasteiger partial charge in [0, 0.05) is 24.8 Å². The number of carbonyl (C=O) groups excluding carboxylic acids is 3. The predicted molar refractivity (Wildman–Crippen MR) is 115 cm³/mol. The number of benzene rings is 1. The van der Waals surface area contributed by atoms with Gasteiger partial charge in [-0.2, -0.15) is 0 Å². The summed E-state index contributed by atoms with van der Waals surface area (Å²) in [5.41, 5.74) is 0.747. The number of para-hydroxylation sites is 1. The van der Waals surface area contributed by atoms with Crippen LogP contribution in [-0.2, 0) is 14.3 Å². The highest BCUT2D eigenvalue weighted by Crippen LogP contribution is 2.29. The molecule has 30 heavy (non-hydrogen) atoms. The van der Waals surface area contributed by atoms with Gasteiger partial charge in [-0.05, 0) is 43.2 Å². The first-order chi connectivity index (χ1) is 14.4. The van der Waals surface area contributed by atoms with Gasteiger partial charge in [-0.15, -0.1) is 0 Å². The Kier molecular flexibility index (Phi) is 7.71. The van der Waals surface area contributed by atoms with Gasteiger partial charge in [-0.1, -0.05) is 44.9 Å². The fourth-order valence-electron chi connectivity index (χ4n) is 4.33. The van der Waals surface area contributed by atoms with Gasteiger partial charge in [-0.3, -0.25) is 9.59 Å². The van der Waals surface area contributed by atoms with E-state index in [0.717, 1.165) is 18.5 Å². The summed E-state index contributed by atoms with van der Waals surface area (Å²) in [4.78, 5) is 38.6. The topological polar surface area (TPSA) is 87.7 Å². The molecular weight excluding hydrogens is 382 g/mol. The summed E-state index contributed by atoms with van der Waals surface area (Å²) in [6.07, 6.45) is 4.38. The molecule has 7 heteroatoms. The molecule has 1 saturated heterocycles. The quantitative estimate of drug-likeness (QED) is 0.722. The van der Waals surface area contributed by atoms with Gasteiger partial charge >= 0.3 is 12.0 Å². The summed E-state index contributed by atoms with van der Waals surface area (Å²) in [6, 6.07) is 9.29. The van der Waals surface area contributed by atoms with E-state index in [1.54, 1.807) is 4.90 Å². The van der Waals surface area contributed by atoms with Crippen molar-refractivity contribution in [3.8, 4) is 0 Å². The van der Waals surface area contributed by atoms with Crippen molar-refractivity contribution in [2.45, 2.75) is 52.0 Å². The van der Waals surface area contributed by atoms with Gasteiger partial charge in [0.05, 0.1) is 5.92 Å². The minimum absolute atomic E-state index is 0.159. The summed E-state index contributed by atoms with van der Waals surface area (Å²) in [7, 11) is 0. The predicted octanol–water partition coefficient (Wildman–Crippen LogP) is 3.41. The van der Waals surface area contributed by atoms with Gasteiger partial charge in [0.2, 0.25) is 0 Å². The molecule has 1 aliphatic carbocycles. The molecule has 3 atom stereocenters. The van der Waals surface area contributed by atoms with E-state index in [4.69, 9.17) is 4.74 Å². The molecule has 2 fully saturated rings. The van der Waals surface area contributed by atoms with Gasteiger partial charge in [0.1, 0.15) is 0 Å². The molecule has 0 bridgehead atoms. The number of rotatable bonds is 5. The first-order valence-corrected chi connectivity index (χ1v) is 11.0. The van der Waals surface area contributed by atoms with Gasteiger partial charge < -0.3 is 20.3 Å². The van der Waals surface area contributed by atoms with Crippen LogP contribution in [0, 0.1) is 17.8 Å². The van der Waals surface area contributed by atoms with Crippen LogP contribution in [0.3, 0.4) is 0 Å². The van der Waals surface area contributed by atoms with Crippen molar-refractivity contribution in [1.82, 2.24) is 10.2 Å². The third kappa shape index (κ3) is 5.97. The number of anilines is 1. The molecule has 3 amide bonds. The molecule has 1 aliphatic heterocycles. The Balaban J connectivity index is 1.37. The Labute approximate surface area is 178 Å². The summed E-state index contributed by atoms with van der Waals surface area (Å²) >= 11 is 0. The van der Waals surface area contributed by atoms with Gasteiger partial charge in [0.25, 0.3) is 5.91 Å². The first kappa shape index (κ1) is 22.1. The highest BCUT2D eigenvalue weighted by Gasteiger charge is 2.30. The summed E-state index contributed by atoms with van der Waals surface area (Å²) in [5, 5.41) is 5.88. The van der Waals surface area contributed by atoms with Crippen LogP contribution in [0.15, 0.2) is 30.3 Å². The highest BCUT2D eigenvalue weighted by atomic mass is 16.5. The van der Waals surface area contributed by atoms with E-state index in [9.17, 15) is 14.4 Å². The van der Waals surface area contributed by atoms with Crippen molar-refractivity contribution in [1.29, 1.82) is 0 Å². The van der Waals surface area contributed by atoms with Crippen LogP contribution in [0.1, 0.15) is 46.0 Å². The van der Waals surface area contributed by atoms with Crippen LogP contribution in [-0.4, -0.2) is 48.5 Å². The molecule has 1 saturated carbocycles. The molecule has 0 radical (unpaired) electrons. The number of esters is 1. The number of hydrogen-bond acceptors (Lipinski definition) is 4. The number of hydrogen-bond donors (Lipinski definition) is 2. The van der Waals surface area contributed by atoms with Crippen molar-refractivity contribution in [3.63, 3.8) is 0 Å². The number of urea groups is 1. The molecule has 0 aromatic heterocycles. The Morgan fingerprint density at radius 3 is 2.43 bits per heavy atom. The van der Waals surface area contributed by atoms with Crippen molar-refractivity contribution >= 4 is 23.6 Å². The lowest BCUT2D eigenvalue weighted by atomic mass is 9.78. The summed E-state index contributed by atoms with van der Waals surface area (Å²) in [5.74, 6) is 0.181. The summed E-state index contributed by atoms with van der Waals surface area (Å²) < 4.78 is 5.27. The second-order valence-electron chi connectivity index (χ2n) is 8.61. The van der Waals surface area contributed by atoms with Crippen molar-refractivity contribution < 1.29 is 19.1 Å². The third-order valence-electron chi connectivity index (χ3n) is 6.54. The minimum atomic E-state index is -0.349. The Hall–Kier alpha value is -2.57. The number of carbonyl (C=O) groups is 3. The molecule has 1 aromatic carbocycles. The lowest BCUT2D eigenvalue weighted by molar-refractivity contribution is -0.154. The minimum Gasteiger partial charge on any atom is -0.455 e. The van der Waals surface area contributed by atoms with E-state index >= 15 is 0 Å². The molecule has 1 aromatic rings. The van der Waals surface area contributed by atoms with E-state index in [1.807, 2.05) is 30.3 Å². The number of ether oxygens (including phenoxy) is 1. The van der Waals surface area contributed by atoms with E-state index in [1.165, 1.54) is 6.42 Å². The zero-order valence-electron chi connectivity index (χ0n) is 17.9. The molecule has 0 spiro atoms. The average Bonchev–Trinajstić information content (AvgIpc) is 2.76. The lowest BCUT2D eigenvalue weighted by Crippen LogP contribution is -2.46. The Bertz CT molecular complexity index is 731. The maximum absolute atomic E-state index is 12.4. The van der Waals surface area contributed by atoms with Crippen LogP contribution >= 0.6 is 0 Å². The SMILES string of the molecule is C[C@@H]1[C@H](C)CCC[C@H]1NC(=O)COC(=O)C1CCN(C(=O)Nc2ccccc2)CC1. The second kappa shape index (κ2) is 10.5. The third-order valence-corrected chi connectivity index (χ3v) is 6.54. The maximum Gasteiger partial charge on any atom is 0.321 e. The van der Waals surface area contributed by atoms with Crippen molar-refractivity contribution in [2.75, 3.05) is 25.0 Å². The van der Waals surface area contributed by atoms with Gasteiger partial charge in [-0.25, -0.2) is 4.79 Å². The normalized spacial score (nSPS) is 24.7. The number of amides is 3. The second-order valence-corrected chi connectivity index (χ2v) is 8.61. The number of piperidine rings is 1. The molecule has 3 rings (SSSR count). The monoisotopic (exact) mass is 415 g/mol. The van der Waals surface area contributed by atoms with Crippen LogP contribution in [0.25, 0.3) is 0 Å². The summed E-state index contributed by atoms with van der Waals surface area (Å²) in [6.45, 7) is 5.13. The molecule has 7 nitrogen and oxygen atoms in total. The van der Waals surface area contributed by atoms with E-state index in [-0.39, 0.29) is 36.5 Å². The van der Waals surface area contributed by atoms with Crippen molar-refractivity contribution in [2.24, 2.45) is 17.8 Å². The lowest BCUT2D eigenvalue weighted by Gasteiger charge is -2.34. The van der Waals surface area contributed by atoms with E-state index in [2.05, 4.69) is 24.5 Å².